The number of hydrogen-bond donors (Lipinski definition) is 1. The van der Waals surface area contributed by atoms with Crippen LogP contribution in [-0.4, -0.2) is 4.98 Å². The first-order chi connectivity index (χ1) is 10.9. The molecular formula is C17H12F4N2. The Balaban J connectivity index is 2.18. The lowest BCUT2D eigenvalue weighted by Gasteiger charge is -2.11. The molecule has 3 aromatic rings. The first-order valence-corrected chi connectivity index (χ1v) is 6.85. The van der Waals surface area contributed by atoms with Crippen LogP contribution in [0.25, 0.3) is 22.0 Å². The molecule has 3 rings (SSSR count). The van der Waals surface area contributed by atoms with Crippen LogP contribution in [0.3, 0.4) is 0 Å². The van der Waals surface area contributed by atoms with Crippen molar-refractivity contribution in [2.45, 2.75) is 12.7 Å². The van der Waals surface area contributed by atoms with Crippen LogP contribution in [0.2, 0.25) is 0 Å². The summed E-state index contributed by atoms with van der Waals surface area (Å²) >= 11 is 0. The van der Waals surface area contributed by atoms with Gasteiger partial charge in [-0.05, 0) is 41.8 Å². The Hall–Kier alpha value is -2.47. The maximum Gasteiger partial charge on any atom is 0.416 e. The van der Waals surface area contributed by atoms with Gasteiger partial charge in [0.25, 0.3) is 0 Å². The van der Waals surface area contributed by atoms with E-state index in [0.717, 1.165) is 12.1 Å². The zero-order chi connectivity index (χ0) is 16.6. The van der Waals surface area contributed by atoms with E-state index < -0.39 is 17.6 Å². The Bertz CT molecular complexity index is 855. The molecule has 0 fully saturated rings. The molecule has 2 aromatic carbocycles. The molecule has 2 nitrogen and oxygen atoms in total. The number of nitrogens with zero attached hydrogens (tertiary/aromatic N) is 1. The van der Waals surface area contributed by atoms with Crippen molar-refractivity contribution in [3.05, 3.63) is 65.6 Å². The predicted octanol–water partition coefficient (Wildman–Crippen LogP) is 4.52. The van der Waals surface area contributed by atoms with Crippen molar-refractivity contribution in [3.63, 3.8) is 0 Å². The molecule has 0 atom stereocenters. The van der Waals surface area contributed by atoms with Crippen LogP contribution in [0.5, 0.6) is 0 Å². The summed E-state index contributed by atoms with van der Waals surface area (Å²) in [5, 5.41) is 1.26. The van der Waals surface area contributed by atoms with Gasteiger partial charge in [0.05, 0.1) is 17.0 Å². The van der Waals surface area contributed by atoms with E-state index in [0.29, 0.717) is 27.7 Å². The number of pyridine rings is 1. The zero-order valence-corrected chi connectivity index (χ0v) is 11.9. The quantitative estimate of drug-likeness (QED) is 0.705. The minimum Gasteiger partial charge on any atom is -0.325 e. The van der Waals surface area contributed by atoms with E-state index in [1.165, 1.54) is 24.3 Å². The van der Waals surface area contributed by atoms with E-state index >= 15 is 0 Å². The van der Waals surface area contributed by atoms with Crippen LogP contribution >= 0.6 is 0 Å². The molecule has 1 aromatic heterocycles. The minimum absolute atomic E-state index is 0.153. The summed E-state index contributed by atoms with van der Waals surface area (Å²) in [5.41, 5.74) is 6.41. The van der Waals surface area contributed by atoms with E-state index in [-0.39, 0.29) is 6.54 Å². The second-order valence-corrected chi connectivity index (χ2v) is 5.11. The average Bonchev–Trinajstić information content (AvgIpc) is 2.52. The number of benzene rings is 2. The molecule has 0 radical (unpaired) electrons. The molecule has 23 heavy (non-hydrogen) atoms. The monoisotopic (exact) mass is 320 g/mol. The number of rotatable bonds is 2. The summed E-state index contributed by atoms with van der Waals surface area (Å²) in [6.07, 6.45) is -4.39. The Morgan fingerprint density at radius 1 is 0.957 bits per heavy atom. The van der Waals surface area contributed by atoms with Crippen molar-refractivity contribution < 1.29 is 17.6 Å². The highest BCUT2D eigenvalue weighted by atomic mass is 19.4. The molecule has 1 heterocycles. The van der Waals surface area contributed by atoms with Gasteiger partial charge in [-0.15, -0.1) is 0 Å². The van der Waals surface area contributed by atoms with Gasteiger partial charge in [0.15, 0.2) is 0 Å². The maximum absolute atomic E-state index is 13.4. The van der Waals surface area contributed by atoms with Gasteiger partial charge in [0.2, 0.25) is 0 Å². The summed E-state index contributed by atoms with van der Waals surface area (Å²) in [6.45, 7) is 0.153. The number of aromatic nitrogens is 1. The third kappa shape index (κ3) is 3.03. The molecule has 0 bridgehead atoms. The van der Waals surface area contributed by atoms with Gasteiger partial charge in [-0.3, -0.25) is 4.98 Å². The highest BCUT2D eigenvalue weighted by Crippen LogP contribution is 2.33. The molecule has 0 aliphatic carbocycles. The van der Waals surface area contributed by atoms with Crippen LogP contribution in [0, 0.1) is 5.82 Å². The van der Waals surface area contributed by atoms with Crippen molar-refractivity contribution in [1.29, 1.82) is 0 Å². The molecule has 6 heteroatoms. The Labute approximate surface area is 129 Å². The fourth-order valence-corrected chi connectivity index (χ4v) is 2.43. The second kappa shape index (κ2) is 5.62. The van der Waals surface area contributed by atoms with Crippen molar-refractivity contribution in [2.24, 2.45) is 5.73 Å². The van der Waals surface area contributed by atoms with E-state index in [4.69, 9.17) is 5.73 Å². The molecule has 0 spiro atoms. The fourth-order valence-electron chi connectivity index (χ4n) is 2.43. The van der Waals surface area contributed by atoms with Gasteiger partial charge in [0.1, 0.15) is 5.82 Å². The van der Waals surface area contributed by atoms with Crippen LogP contribution < -0.4 is 5.73 Å². The molecular weight excluding hydrogens is 308 g/mol. The number of halogens is 4. The van der Waals surface area contributed by atoms with Gasteiger partial charge >= 0.3 is 6.18 Å². The fraction of sp³-hybridized carbons (Fsp3) is 0.118. The summed E-state index contributed by atoms with van der Waals surface area (Å²) in [7, 11) is 0. The van der Waals surface area contributed by atoms with Gasteiger partial charge in [-0.2, -0.15) is 13.2 Å². The molecule has 0 aliphatic rings. The molecule has 0 unspecified atom stereocenters. The van der Waals surface area contributed by atoms with Gasteiger partial charge < -0.3 is 5.73 Å². The summed E-state index contributed by atoms with van der Waals surface area (Å²) in [6, 6.07) is 10.6. The van der Waals surface area contributed by atoms with Crippen LogP contribution in [0.1, 0.15) is 11.3 Å². The minimum atomic E-state index is -4.39. The summed E-state index contributed by atoms with van der Waals surface area (Å²) in [4.78, 5) is 4.38. The lowest BCUT2D eigenvalue weighted by atomic mass is 10.0. The standard InChI is InChI=1S/C17H12F4N2/c18-13-5-6-15-11(7-13)8-14(9-22)23-16(15)10-1-3-12(4-2-10)17(19,20)21/h1-8H,9,22H2. The SMILES string of the molecule is NCc1cc2cc(F)ccc2c(-c2ccc(C(F)(F)F)cc2)n1. The second-order valence-electron chi connectivity index (χ2n) is 5.11. The average molecular weight is 320 g/mol. The Morgan fingerprint density at radius 3 is 2.26 bits per heavy atom. The van der Waals surface area contributed by atoms with E-state index in [1.54, 1.807) is 12.1 Å². The molecule has 0 aliphatic heterocycles. The number of alkyl halides is 3. The number of fused-ring (bicyclic) bond motifs is 1. The van der Waals surface area contributed by atoms with Crippen molar-refractivity contribution in [2.75, 3.05) is 0 Å². The Kier molecular flexibility index (Phi) is 3.77. The largest absolute Gasteiger partial charge is 0.416 e. The highest BCUT2D eigenvalue weighted by Gasteiger charge is 2.30. The van der Waals surface area contributed by atoms with Crippen LogP contribution in [0.4, 0.5) is 17.6 Å². The molecule has 2 N–H and O–H groups in total. The topological polar surface area (TPSA) is 38.9 Å². The third-order valence-corrected chi connectivity index (χ3v) is 3.54. The van der Waals surface area contributed by atoms with E-state index in [2.05, 4.69) is 4.98 Å². The summed E-state index contributed by atoms with van der Waals surface area (Å²) in [5.74, 6) is -0.398. The first-order valence-electron chi connectivity index (χ1n) is 6.85. The highest BCUT2D eigenvalue weighted by molar-refractivity contribution is 5.94. The number of nitrogens with two attached hydrogens (primary N) is 1. The first kappa shape index (κ1) is 15.4. The third-order valence-electron chi connectivity index (χ3n) is 3.54. The van der Waals surface area contributed by atoms with Crippen molar-refractivity contribution >= 4 is 10.8 Å². The van der Waals surface area contributed by atoms with Crippen molar-refractivity contribution in [1.82, 2.24) is 4.98 Å². The smallest absolute Gasteiger partial charge is 0.325 e. The zero-order valence-electron chi connectivity index (χ0n) is 11.9. The lowest BCUT2D eigenvalue weighted by molar-refractivity contribution is -0.137. The van der Waals surface area contributed by atoms with Gasteiger partial charge in [-0.1, -0.05) is 12.1 Å². The number of hydrogen-bond acceptors (Lipinski definition) is 2. The lowest BCUT2D eigenvalue weighted by Crippen LogP contribution is -2.04. The molecule has 0 saturated heterocycles. The van der Waals surface area contributed by atoms with E-state index in [1.807, 2.05) is 0 Å². The predicted molar refractivity (Wildman–Crippen MR) is 80.0 cm³/mol. The van der Waals surface area contributed by atoms with Gasteiger partial charge in [-0.25, -0.2) is 4.39 Å². The van der Waals surface area contributed by atoms with Crippen LogP contribution in [0.15, 0.2) is 48.5 Å². The maximum atomic E-state index is 13.4. The molecule has 0 amide bonds. The van der Waals surface area contributed by atoms with E-state index in [9.17, 15) is 17.6 Å². The molecule has 118 valence electrons. The van der Waals surface area contributed by atoms with Gasteiger partial charge in [0, 0.05) is 17.5 Å². The normalized spacial score (nSPS) is 11.9. The summed E-state index contributed by atoms with van der Waals surface area (Å²) < 4.78 is 51.4. The Morgan fingerprint density at radius 2 is 1.65 bits per heavy atom. The molecule has 0 saturated carbocycles. The van der Waals surface area contributed by atoms with Crippen molar-refractivity contribution in [3.8, 4) is 11.3 Å². The van der Waals surface area contributed by atoms with Crippen LogP contribution in [-0.2, 0) is 12.7 Å².